The minimum atomic E-state index is -3.48. The van der Waals surface area contributed by atoms with E-state index < -0.39 is 16.1 Å². The second kappa shape index (κ2) is 15.1. The normalized spacial score (nSPS) is 14.5. The summed E-state index contributed by atoms with van der Waals surface area (Å²) in [6, 6.07) is 25.7. The molecule has 1 aliphatic rings. The largest absolute Gasteiger partial charge is 0.354 e. The average Bonchev–Trinajstić information content (AvgIpc) is 3.55. The number of hydrogen-bond acceptors (Lipinski definition) is 4. The number of hydrogen-bond donors (Lipinski definition) is 1. The lowest BCUT2D eigenvalue weighted by molar-refractivity contribution is -0.141. The number of nitrogens with one attached hydrogen (secondary N) is 1. The first-order chi connectivity index (χ1) is 20.2. The molecule has 3 aromatic rings. The van der Waals surface area contributed by atoms with Gasteiger partial charge >= 0.3 is 0 Å². The number of rotatable bonds is 14. The van der Waals surface area contributed by atoms with E-state index in [0.717, 1.165) is 36.0 Å². The molecule has 0 saturated carbocycles. The Kier molecular flexibility index (Phi) is 11.3. The van der Waals surface area contributed by atoms with Gasteiger partial charge < -0.3 is 10.2 Å². The Morgan fingerprint density at radius 3 is 2.02 bits per heavy atom. The third-order valence-corrected chi connectivity index (χ3v) is 9.65. The van der Waals surface area contributed by atoms with Crippen molar-refractivity contribution in [3.05, 3.63) is 102 Å². The third-order valence-electron chi connectivity index (χ3n) is 7.74. The highest BCUT2D eigenvalue weighted by Crippen LogP contribution is 2.22. The summed E-state index contributed by atoms with van der Waals surface area (Å²) in [7, 11) is -3.48. The monoisotopic (exact) mass is 589 g/mol. The van der Waals surface area contributed by atoms with Crippen LogP contribution in [0.3, 0.4) is 0 Å². The molecule has 1 heterocycles. The van der Waals surface area contributed by atoms with Crippen LogP contribution in [-0.2, 0) is 39.0 Å². The van der Waals surface area contributed by atoms with Crippen LogP contribution < -0.4 is 5.32 Å². The van der Waals surface area contributed by atoms with Gasteiger partial charge in [0, 0.05) is 39.0 Å². The first kappa shape index (κ1) is 31.4. The smallest absolute Gasteiger partial charge is 0.243 e. The van der Waals surface area contributed by atoms with Gasteiger partial charge in [0.15, 0.2) is 0 Å². The molecule has 1 atom stereocenters. The van der Waals surface area contributed by atoms with E-state index >= 15 is 0 Å². The highest BCUT2D eigenvalue weighted by Gasteiger charge is 2.30. The molecule has 1 fully saturated rings. The summed E-state index contributed by atoms with van der Waals surface area (Å²) in [6.07, 6.45) is 3.70. The lowest BCUT2D eigenvalue weighted by atomic mass is 10.0. The first-order valence-electron chi connectivity index (χ1n) is 15.0. The minimum Gasteiger partial charge on any atom is -0.354 e. The summed E-state index contributed by atoms with van der Waals surface area (Å²) >= 11 is 0. The van der Waals surface area contributed by atoms with Crippen LogP contribution in [0.5, 0.6) is 0 Å². The minimum absolute atomic E-state index is 0.118. The number of amides is 2. The van der Waals surface area contributed by atoms with Gasteiger partial charge in [-0.25, -0.2) is 8.42 Å². The maximum Gasteiger partial charge on any atom is 0.243 e. The average molecular weight is 590 g/mol. The van der Waals surface area contributed by atoms with Crippen molar-refractivity contribution in [2.75, 3.05) is 19.6 Å². The Morgan fingerprint density at radius 2 is 1.43 bits per heavy atom. The maximum atomic E-state index is 13.9. The molecular weight excluding hydrogens is 546 g/mol. The van der Waals surface area contributed by atoms with E-state index in [-0.39, 0.29) is 23.1 Å². The second-order valence-electron chi connectivity index (χ2n) is 11.4. The van der Waals surface area contributed by atoms with Crippen LogP contribution in [0.15, 0.2) is 89.8 Å². The van der Waals surface area contributed by atoms with E-state index in [1.54, 1.807) is 29.2 Å². The van der Waals surface area contributed by atoms with E-state index in [1.807, 2.05) is 60.7 Å². The van der Waals surface area contributed by atoms with E-state index in [9.17, 15) is 18.0 Å². The van der Waals surface area contributed by atoms with Crippen LogP contribution in [0.4, 0.5) is 0 Å². The van der Waals surface area contributed by atoms with Gasteiger partial charge in [-0.2, -0.15) is 4.31 Å². The molecule has 0 aromatic heterocycles. The Balaban J connectivity index is 1.52. The summed E-state index contributed by atoms with van der Waals surface area (Å²) in [6.45, 7) is 6.24. The molecule has 1 N–H and O–H groups in total. The predicted octanol–water partition coefficient (Wildman–Crippen LogP) is 5.21. The SMILES string of the molecule is CC(C)CCNC(=O)[C@@H](Cc1ccccc1)N(Cc1ccccc1)C(=O)CCc1ccc(S(=O)(=O)N2CCCC2)cc1. The van der Waals surface area contributed by atoms with Gasteiger partial charge in [-0.15, -0.1) is 0 Å². The summed E-state index contributed by atoms with van der Waals surface area (Å²) in [5.74, 6) is 0.185. The van der Waals surface area contributed by atoms with Crippen molar-refractivity contribution < 1.29 is 18.0 Å². The molecule has 3 aromatic carbocycles. The zero-order valence-corrected chi connectivity index (χ0v) is 25.6. The molecule has 0 spiro atoms. The molecule has 0 bridgehead atoms. The fourth-order valence-corrected chi connectivity index (χ4v) is 6.75. The number of aryl methyl sites for hydroxylation is 1. The molecule has 0 radical (unpaired) electrons. The van der Waals surface area contributed by atoms with Crippen molar-refractivity contribution in [3.8, 4) is 0 Å². The second-order valence-corrected chi connectivity index (χ2v) is 13.4. The lowest BCUT2D eigenvalue weighted by Crippen LogP contribution is -2.50. The predicted molar refractivity (Wildman–Crippen MR) is 166 cm³/mol. The van der Waals surface area contributed by atoms with Crippen LogP contribution in [0, 0.1) is 5.92 Å². The van der Waals surface area contributed by atoms with Gasteiger partial charge in [0.2, 0.25) is 21.8 Å². The lowest BCUT2D eigenvalue weighted by Gasteiger charge is -2.32. The quantitative estimate of drug-likeness (QED) is 0.280. The van der Waals surface area contributed by atoms with Crippen LogP contribution in [0.1, 0.15) is 56.2 Å². The fourth-order valence-electron chi connectivity index (χ4n) is 5.24. The molecule has 2 amide bonds. The van der Waals surface area contributed by atoms with E-state index in [2.05, 4.69) is 19.2 Å². The zero-order chi connectivity index (χ0) is 30.0. The number of sulfonamides is 1. The number of carbonyl (C=O) groups is 2. The van der Waals surface area contributed by atoms with Crippen molar-refractivity contribution in [2.24, 2.45) is 5.92 Å². The Morgan fingerprint density at radius 1 is 0.833 bits per heavy atom. The van der Waals surface area contributed by atoms with Crippen molar-refractivity contribution in [1.29, 1.82) is 0 Å². The molecule has 0 aliphatic carbocycles. The van der Waals surface area contributed by atoms with Crippen molar-refractivity contribution in [3.63, 3.8) is 0 Å². The fraction of sp³-hybridized carbons (Fsp3) is 0.412. The Hall–Kier alpha value is -3.49. The highest BCUT2D eigenvalue weighted by atomic mass is 32.2. The molecule has 224 valence electrons. The number of nitrogens with zero attached hydrogens (tertiary/aromatic N) is 2. The first-order valence-corrected chi connectivity index (χ1v) is 16.4. The van der Waals surface area contributed by atoms with Gasteiger partial charge in [0.25, 0.3) is 0 Å². The highest BCUT2D eigenvalue weighted by molar-refractivity contribution is 7.89. The molecule has 7 nitrogen and oxygen atoms in total. The van der Waals surface area contributed by atoms with Gasteiger partial charge in [-0.1, -0.05) is 86.6 Å². The molecular formula is C34H43N3O4S. The van der Waals surface area contributed by atoms with E-state index in [1.165, 1.54) is 4.31 Å². The van der Waals surface area contributed by atoms with E-state index in [0.29, 0.717) is 44.9 Å². The number of benzene rings is 3. The van der Waals surface area contributed by atoms with Crippen LogP contribution >= 0.6 is 0 Å². The van der Waals surface area contributed by atoms with Crippen molar-refractivity contribution >= 4 is 21.8 Å². The molecule has 0 unspecified atom stereocenters. The zero-order valence-electron chi connectivity index (χ0n) is 24.7. The summed E-state index contributed by atoms with van der Waals surface area (Å²) in [5.41, 5.74) is 2.82. The Labute approximate surface area is 251 Å². The summed E-state index contributed by atoms with van der Waals surface area (Å²) in [5, 5.41) is 3.08. The molecule has 1 aliphatic heterocycles. The molecule has 8 heteroatoms. The third kappa shape index (κ3) is 8.76. The molecule has 1 saturated heterocycles. The Bertz CT molecular complexity index is 1390. The van der Waals surface area contributed by atoms with E-state index in [4.69, 9.17) is 0 Å². The van der Waals surface area contributed by atoms with Crippen LogP contribution in [0.2, 0.25) is 0 Å². The van der Waals surface area contributed by atoms with Crippen molar-refractivity contribution in [1.82, 2.24) is 14.5 Å². The topological polar surface area (TPSA) is 86.8 Å². The van der Waals surface area contributed by atoms with Gasteiger partial charge in [-0.05, 0) is 60.4 Å². The molecule has 42 heavy (non-hydrogen) atoms. The van der Waals surface area contributed by atoms with Crippen LogP contribution in [-0.4, -0.2) is 55.1 Å². The maximum absolute atomic E-state index is 13.9. The molecule has 4 rings (SSSR count). The van der Waals surface area contributed by atoms with Gasteiger partial charge in [0.05, 0.1) is 4.90 Å². The van der Waals surface area contributed by atoms with Gasteiger partial charge in [0.1, 0.15) is 6.04 Å². The summed E-state index contributed by atoms with van der Waals surface area (Å²) in [4.78, 5) is 29.5. The standard InChI is InChI=1S/C34H43N3O4S/c1-27(2)21-22-35-34(39)32(25-29-11-5-3-6-12-29)37(26-30-13-7-4-8-14-30)33(38)20-17-28-15-18-31(19-16-28)42(40,41)36-23-9-10-24-36/h3-8,11-16,18-19,27,32H,9-10,17,20-26H2,1-2H3,(H,35,39)/t32-/m1/s1. The summed E-state index contributed by atoms with van der Waals surface area (Å²) < 4.78 is 27.3. The van der Waals surface area contributed by atoms with Gasteiger partial charge in [-0.3, -0.25) is 9.59 Å². The van der Waals surface area contributed by atoms with Crippen LogP contribution in [0.25, 0.3) is 0 Å². The number of carbonyl (C=O) groups excluding carboxylic acids is 2. The van der Waals surface area contributed by atoms with Crippen molar-refractivity contribution in [2.45, 2.75) is 69.9 Å².